The average molecular weight is 487 g/mol. The zero-order chi connectivity index (χ0) is 22.4. The topological polar surface area (TPSA) is 108 Å². The molecular weight excluding hydrogens is 464 g/mol. The van der Waals surface area contributed by atoms with Gasteiger partial charge < -0.3 is 15.8 Å². The molecule has 3 aromatic rings. The molecule has 0 radical (unpaired) electrons. The number of rotatable bonds is 8. The Morgan fingerprint density at radius 3 is 2.45 bits per heavy atom. The molecular formula is C22H23BrN4O4. The first-order chi connectivity index (χ1) is 14.9. The number of unbranched alkanes of at least 4 members (excludes halogenated alkanes) is 1. The molecule has 3 N–H and O–H groups in total. The van der Waals surface area contributed by atoms with E-state index in [1.807, 2.05) is 25.1 Å². The van der Waals surface area contributed by atoms with Crippen LogP contribution in [-0.4, -0.2) is 15.0 Å². The van der Waals surface area contributed by atoms with Gasteiger partial charge in [-0.3, -0.25) is 14.2 Å². The van der Waals surface area contributed by atoms with E-state index < -0.39 is 23.7 Å². The number of ether oxygens (including phenoxy) is 1. The lowest BCUT2D eigenvalue weighted by molar-refractivity contribution is -0.116. The van der Waals surface area contributed by atoms with Crippen LogP contribution >= 0.6 is 15.9 Å². The van der Waals surface area contributed by atoms with Crippen LogP contribution in [0.25, 0.3) is 0 Å². The van der Waals surface area contributed by atoms with Crippen LogP contribution in [0, 0.1) is 0 Å². The molecule has 0 aliphatic heterocycles. The van der Waals surface area contributed by atoms with Crippen LogP contribution in [-0.2, 0) is 17.9 Å². The number of nitrogens with two attached hydrogens (primary N) is 1. The second-order valence-electron chi connectivity index (χ2n) is 6.84. The molecule has 0 spiro atoms. The van der Waals surface area contributed by atoms with Gasteiger partial charge in [-0.25, -0.2) is 9.36 Å². The highest BCUT2D eigenvalue weighted by atomic mass is 79.9. The number of anilines is 2. The molecule has 0 aliphatic carbocycles. The Bertz CT molecular complexity index is 1190. The highest BCUT2D eigenvalue weighted by Crippen LogP contribution is 2.29. The molecule has 1 heterocycles. The van der Waals surface area contributed by atoms with Crippen LogP contribution in [0.2, 0.25) is 0 Å². The molecule has 8 nitrogen and oxygen atoms in total. The van der Waals surface area contributed by atoms with Crippen molar-refractivity contribution in [1.29, 1.82) is 0 Å². The molecule has 162 valence electrons. The zero-order valence-corrected chi connectivity index (χ0v) is 18.6. The van der Waals surface area contributed by atoms with E-state index in [1.165, 1.54) is 4.57 Å². The van der Waals surface area contributed by atoms with Crippen LogP contribution in [0.1, 0.15) is 19.8 Å². The average Bonchev–Trinajstić information content (AvgIpc) is 2.77. The standard InChI is InChI=1S/C22H23BrN4O4/c1-2-3-13-26-20(24)19(23)21(29)27(22(26)30)14-18(28)25-16-11-7-8-12-17(16)31-15-9-5-4-6-10-15/h4-12H,2-3,13-14,24H2,1H3,(H,25,28). The summed E-state index contributed by atoms with van der Waals surface area (Å²) in [4.78, 5) is 38.0. The van der Waals surface area contributed by atoms with Gasteiger partial charge in [-0.15, -0.1) is 0 Å². The Morgan fingerprint density at radius 1 is 1.06 bits per heavy atom. The van der Waals surface area contributed by atoms with Gasteiger partial charge in [0.15, 0.2) is 5.75 Å². The van der Waals surface area contributed by atoms with E-state index in [0.717, 1.165) is 11.0 Å². The van der Waals surface area contributed by atoms with Gasteiger partial charge in [-0.2, -0.15) is 0 Å². The molecule has 31 heavy (non-hydrogen) atoms. The van der Waals surface area contributed by atoms with Gasteiger partial charge in [0.25, 0.3) is 5.56 Å². The van der Waals surface area contributed by atoms with Crippen molar-refractivity contribution < 1.29 is 9.53 Å². The van der Waals surface area contributed by atoms with Gasteiger partial charge in [-0.05, 0) is 46.6 Å². The van der Waals surface area contributed by atoms with Gasteiger partial charge >= 0.3 is 5.69 Å². The van der Waals surface area contributed by atoms with E-state index in [9.17, 15) is 14.4 Å². The smallest absolute Gasteiger partial charge is 0.333 e. The van der Waals surface area contributed by atoms with E-state index in [1.54, 1.807) is 36.4 Å². The van der Waals surface area contributed by atoms with Crippen molar-refractivity contribution in [3.63, 3.8) is 0 Å². The molecule has 0 saturated heterocycles. The van der Waals surface area contributed by atoms with Crippen molar-refractivity contribution in [3.05, 3.63) is 79.9 Å². The van der Waals surface area contributed by atoms with Crippen LogP contribution in [0.4, 0.5) is 11.5 Å². The number of aromatic nitrogens is 2. The number of hydrogen-bond donors (Lipinski definition) is 2. The number of benzene rings is 2. The second kappa shape index (κ2) is 10.1. The number of nitrogens with one attached hydrogen (secondary N) is 1. The monoisotopic (exact) mass is 486 g/mol. The first-order valence-corrected chi connectivity index (χ1v) is 10.6. The molecule has 0 unspecified atom stereocenters. The summed E-state index contributed by atoms with van der Waals surface area (Å²) in [5.74, 6) is 0.568. The van der Waals surface area contributed by atoms with Crippen molar-refractivity contribution in [3.8, 4) is 11.5 Å². The third-order valence-corrected chi connectivity index (χ3v) is 5.32. The summed E-state index contributed by atoms with van der Waals surface area (Å²) in [6.07, 6.45) is 1.56. The van der Waals surface area contributed by atoms with Crippen LogP contribution in [0.5, 0.6) is 11.5 Å². The molecule has 0 saturated carbocycles. The first kappa shape index (κ1) is 22.4. The van der Waals surface area contributed by atoms with Crippen molar-refractivity contribution >= 4 is 33.3 Å². The fourth-order valence-corrected chi connectivity index (χ4v) is 3.39. The van der Waals surface area contributed by atoms with E-state index in [4.69, 9.17) is 10.5 Å². The lowest BCUT2D eigenvalue weighted by Crippen LogP contribution is -2.44. The number of hydrogen-bond acceptors (Lipinski definition) is 5. The van der Waals surface area contributed by atoms with Crippen molar-refractivity contribution in [1.82, 2.24) is 9.13 Å². The predicted molar refractivity (Wildman–Crippen MR) is 124 cm³/mol. The summed E-state index contributed by atoms with van der Waals surface area (Å²) in [7, 11) is 0. The largest absolute Gasteiger partial charge is 0.455 e. The predicted octanol–water partition coefficient (Wildman–Crippen LogP) is 3.59. The highest BCUT2D eigenvalue weighted by Gasteiger charge is 2.18. The summed E-state index contributed by atoms with van der Waals surface area (Å²) in [5.41, 5.74) is 5.07. The lowest BCUT2D eigenvalue weighted by Gasteiger charge is -2.15. The lowest BCUT2D eigenvalue weighted by atomic mass is 10.3. The van der Waals surface area contributed by atoms with Crippen LogP contribution in [0.15, 0.2) is 68.7 Å². The second-order valence-corrected chi connectivity index (χ2v) is 7.63. The number of nitrogens with zero attached hydrogens (tertiary/aromatic N) is 2. The molecule has 1 amide bonds. The molecule has 9 heteroatoms. The van der Waals surface area contributed by atoms with E-state index >= 15 is 0 Å². The number of carbonyl (C=O) groups excluding carboxylic acids is 1. The van der Waals surface area contributed by atoms with Gasteiger partial charge in [0.05, 0.1) is 5.69 Å². The number of nitrogen functional groups attached to an aromatic ring is 1. The summed E-state index contributed by atoms with van der Waals surface area (Å²) in [5, 5.41) is 2.71. The maximum Gasteiger partial charge on any atom is 0.333 e. The van der Waals surface area contributed by atoms with Crippen LogP contribution in [0.3, 0.4) is 0 Å². The van der Waals surface area contributed by atoms with E-state index in [-0.39, 0.29) is 10.3 Å². The van der Waals surface area contributed by atoms with Crippen LogP contribution < -0.4 is 27.0 Å². The number of amides is 1. The number of para-hydroxylation sites is 3. The molecule has 1 aromatic heterocycles. The van der Waals surface area contributed by atoms with Crippen molar-refractivity contribution in [2.75, 3.05) is 11.1 Å². The maximum atomic E-state index is 12.8. The van der Waals surface area contributed by atoms with Gasteiger partial charge in [0, 0.05) is 6.54 Å². The normalized spacial score (nSPS) is 10.6. The van der Waals surface area contributed by atoms with Gasteiger partial charge in [0.1, 0.15) is 22.6 Å². The Kier molecular flexibility index (Phi) is 7.30. The molecule has 3 rings (SSSR count). The minimum Gasteiger partial charge on any atom is -0.455 e. The molecule has 0 fully saturated rings. The quantitative estimate of drug-likeness (QED) is 0.505. The number of halogens is 1. The van der Waals surface area contributed by atoms with E-state index in [2.05, 4.69) is 21.2 Å². The summed E-state index contributed by atoms with van der Waals surface area (Å²) < 4.78 is 8.06. The molecule has 0 bridgehead atoms. The Morgan fingerprint density at radius 2 is 1.74 bits per heavy atom. The molecule has 0 aliphatic rings. The summed E-state index contributed by atoms with van der Waals surface area (Å²) in [6.45, 7) is 1.88. The highest BCUT2D eigenvalue weighted by molar-refractivity contribution is 9.10. The first-order valence-electron chi connectivity index (χ1n) is 9.82. The van der Waals surface area contributed by atoms with Gasteiger partial charge in [0.2, 0.25) is 5.91 Å². The third-order valence-electron chi connectivity index (χ3n) is 4.58. The maximum absolute atomic E-state index is 12.8. The minimum atomic E-state index is -0.654. The Labute approximate surface area is 187 Å². The Hall–Kier alpha value is -3.33. The summed E-state index contributed by atoms with van der Waals surface area (Å²) >= 11 is 3.14. The fraction of sp³-hybridized carbons (Fsp3) is 0.227. The zero-order valence-electron chi connectivity index (χ0n) is 17.0. The third kappa shape index (κ3) is 5.24. The number of carbonyl (C=O) groups is 1. The minimum absolute atomic E-state index is 0.0571. The van der Waals surface area contributed by atoms with Crippen molar-refractivity contribution in [2.45, 2.75) is 32.9 Å². The Balaban J connectivity index is 1.85. The summed E-state index contributed by atoms with van der Waals surface area (Å²) in [6, 6.07) is 16.1. The SMILES string of the molecule is CCCCn1c(N)c(Br)c(=O)n(CC(=O)Nc2ccccc2Oc2ccccc2)c1=O. The van der Waals surface area contributed by atoms with E-state index in [0.29, 0.717) is 30.2 Å². The van der Waals surface area contributed by atoms with Gasteiger partial charge in [-0.1, -0.05) is 43.7 Å². The fourth-order valence-electron chi connectivity index (χ4n) is 2.96. The molecule has 2 aromatic carbocycles. The molecule has 0 atom stereocenters. The van der Waals surface area contributed by atoms with Crippen molar-refractivity contribution in [2.24, 2.45) is 0 Å².